The molecule has 1 saturated heterocycles. The first kappa shape index (κ1) is 12.8. The third-order valence-electron chi connectivity index (χ3n) is 3.61. The van der Waals surface area contributed by atoms with Crippen molar-refractivity contribution in [2.45, 2.75) is 19.0 Å². The first-order valence-corrected chi connectivity index (χ1v) is 6.61. The van der Waals surface area contributed by atoms with Crippen LogP contribution < -0.4 is 10.9 Å². The van der Waals surface area contributed by atoms with Crippen molar-refractivity contribution in [3.05, 3.63) is 40.4 Å². The van der Waals surface area contributed by atoms with Gasteiger partial charge in [0.1, 0.15) is 5.82 Å². The predicted molar refractivity (Wildman–Crippen MR) is 75.2 cm³/mol. The molecule has 1 fully saturated rings. The molecule has 2 aromatic rings. The topological polar surface area (TPSA) is 78.1 Å². The van der Waals surface area contributed by atoms with Gasteiger partial charge in [-0.1, -0.05) is 12.1 Å². The van der Waals surface area contributed by atoms with E-state index in [9.17, 15) is 9.59 Å². The second-order valence-corrected chi connectivity index (χ2v) is 5.01. The zero-order valence-corrected chi connectivity index (χ0v) is 11.2. The van der Waals surface area contributed by atoms with Gasteiger partial charge in [-0.2, -0.15) is 0 Å². The van der Waals surface area contributed by atoms with Gasteiger partial charge in [0.15, 0.2) is 0 Å². The fourth-order valence-electron chi connectivity index (χ4n) is 2.45. The van der Waals surface area contributed by atoms with Gasteiger partial charge in [0.05, 0.1) is 23.5 Å². The number of rotatable bonds is 3. The Kier molecular flexibility index (Phi) is 3.23. The molecule has 1 aromatic carbocycles. The van der Waals surface area contributed by atoms with Gasteiger partial charge in [-0.15, -0.1) is 0 Å². The van der Waals surface area contributed by atoms with Gasteiger partial charge in [0.25, 0.3) is 5.56 Å². The van der Waals surface area contributed by atoms with Gasteiger partial charge >= 0.3 is 0 Å². The van der Waals surface area contributed by atoms with Crippen LogP contribution >= 0.6 is 0 Å². The number of benzene rings is 1. The summed E-state index contributed by atoms with van der Waals surface area (Å²) in [5.74, 6) is 0.643. The number of hydrogen-bond acceptors (Lipinski definition) is 4. The highest BCUT2D eigenvalue weighted by Crippen LogP contribution is 2.09. The molecule has 20 heavy (non-hydrogen) atoms. The summed E-state index contributed by atoms with van der Waals surface area (Å²) in [5.41, 5.74) is 0.519. The SMILES string of the molecule is CN1CCC(NCc2nc3ccccc3c(=O)[nH]2)C1=O. The maximum absolute atomic E-state index is 11.9. The average Bonchev–Trinajstić information content (AvgIpc) is 2.77. The molecule has 1 atom stereocenters. The minimum Gasteiger partial charge on any atom is -0.344 e. The predicted octanol–water partition coefficient (Wildman–Crippen LogP) is 0.243. The number of nitrogens with one attached hydrogen (secondary N) is 2. The first-order chi connectivity index (χ1) is 9.65. The Balaban J connectivity index is 1.78. The highest BCUT2D eigenvalue weighted by molar-refractivity contribution is 5.83. The monoisotopic (exact) mass is 272 g/mol. The fraction of sp³-hybridized carbons (Fsp3) is 0.357. The van der Waals surface area contributed by atoms with Gasteiger partial charge in [-0.3, -0.25) is 14.9 Å². The quantitative estimate of drug-likeness (QED) is 0.839. The first-order valence-electron chi connectivity index (χ1n) is 6.61. The molecule has 104 valence electrons. The molecular formula is C14H16N4O2. The van der Waals surface area contributed by atoms with Gasteiger partial charge < -0.3 is 9.88 Å². The highest BCUT2D eigenvalue weighted by atomic mass is 16.2. The summed E-state index contributed by atoms with van der Waals surface area (Å²) >= 11 is 0. The van der Waals surface area contributed by atoms with Crippen LogP contribution in [0.25, 0.3) is 10.9 Å². The Bertz CT molecular complexity index is 710. The Labute approximate surface area is 115 Å². The number of amides is 1. The third kappa shape index (κ3) is 2.30. The lowest BCUT2D eigenvalue weighted by molar-refractivity contribution is -0.128. The van der Waals surface area contributed by atoms with E-state index in [-0.39, 0.29) is 17.5 Å². The highest BCUT2D eigenvalue weighted by Gasteiger charge is 2.28. The lowest BCUT2D eigenvalue weighted by Crippen LogP contribution is -2.37. The Morgan fingerprint density at radius 1 is 1.40 bits per heavy atom. The maximum atomic E-state index is 11.9. The number of nitrogens with zero attached hydrogens (tertiary/aromatic N) is 2. The van der Waals surface area contributed by atoms with Crippen LogP contribution in [-0.2, 0) is 11.3 Å². The number of hydrogen-bond donors (Lipinski definition) is 2. The molecule has 0 bridgehead atoms. The third-order valence-corrected chi connectivity index (χ3v) is 3.61. The number of likely N-dealkylation sites (tertiary alicyclic amines) is 1. The summed E-state index contributed by atoms with van der Waals surface area (Å²) in [4.78, 5) is 32.5. The molecular weight excluding hydrogens is 256 g/mol. The minimum atomic E-state index is -0.184. The molecule has 1 aliphatic heterocycles. The molecule has 6 heteroatoms. The van der Waals surface area contributed by atoms with Gasteiger partial charge in [-0.25, -0.2) is 4.98 Å². The van der Waals surface area contributed by atoms with Gasteiger partial charge in [0.2, 0.25) is 5.91 Å². The Hall–Kier alpha value is -2.21. The van der Waals surface area contributed by atoms with Crippen LogP contribution in [0.1, 0.15) is 12.2 Å². The number of aromatic nitrogens is 2. The number of para-hydroxylation sites is 1. The summed E-state index contributed by atoms with van der Waals surface area (Å²) < 4.78 is 0. The van der Waals surface area contributed by atoms with E-state index in [1.165, 1.54) is 0 Å². The van der Waals surface area contributed by atoms with E-state index in [4.69, 9.17) is 0 Å². The van der Waals surface area contributed by atoms with Crippen molar-refractivity contribution in [1.29, 1.82) is 0 Å². The van der Waals surface area contributed by atoms with Crippen molar-refractivity contribution < 1.29 is 4.79 Å². The number of fused-ring (bicyclic) bond motifs is 1. The van der Waals surface area contributed by atoms with E-state index in [0.717, 1.165) is 13.0 Å². The summed E-state index contributed by atoms with van der Waals surface area (Å²) in [5, 5.41) is 3.72. The average molecular weight is 272 g/mol. The normalized spacial score (nSPS) is 18.9. The molecule has 0 radical (unpaired) electrons. The van der Waals surface area contributed by atoms with Crippen LogP contribution in [0.4, 0.5) is 0 Å². The molecule has 6 nitrogen and oxygen atoms in total. The summed E-state index contributed by atoms with van der Waals surface area (Å²) in [7, 11) is 1.79. The molecule has 0 saturated carbocycles. The van der Waals surface area contributed by atoms with Crippen LogP contribution in [0.3, 0.4) is 0 Å². The van der Waals surface area contributed by atoms with E-state index in [1.807, 2.05) is 18.2 Å². The van der Waals surface area contributed by atoms with Crippen molar-refractivity contribution in [2.24, 2.45) is 0 Å². The standard InChI is InChI=1S/C14H16N4O2/c1-18-7-6-11(14(18)20)15-8-12-16-10-5-3-2-4-9(10)13(19)17-12/h2-5,11,15H,6-8H2,1H3,(H,16,17,19). The molecule has 0 aliphatic carbocycles. The van der Waals surface area contributed by atoms with Crippen molar-refractivity contribution in [2.75, 3.05) is 13.6 Å². The Morgan fingerprint density at radius 3 is 2.95 bits per heavy atom. The van der Waals surface area contributed by atoms with E-state index in [1.54, 1.807) is 18.0 Å². The van der Waals surface area contributed by atoms with E-state index in [2.05, 4.69) is 15.3 Å². The van der Waals surface area contributed by atoms with E-state index < -0.39 is 0 Å². The number of aromatic amines is 1. The van der Waals surface area contributed by atoms with E-state index in [0.29, 0.717) is 23.3 Å². The summed E-state index contributed by atoms with van der Waals surface area (Å²) in [6, 6.07) is 7.03. The fourth-order valence-corrected chi connectivity index (χ4v) is 2.45. The van der Waals surface area contributed by atoms with Crippen LogP contribution in [0.5, 0.6) is 0 Å². The smallest absolute Gasteiger partial charge is 0.258 e. The second kappa shape index (κ2) is 5.05. The second-order valence-electron chi connectivity index (χ2n) is 5.01. The van der Waals surface area contributed by atoms with Gasteiger partial charge in [-0.05, 0) is 18.6 Å². The molecule has 1 aliphatic rings. The van der Waals surface area contributed by atoms with Crippen LogP contribution in [-0.4, -0.2) is 40.4 Å². The summed E-state index contributed by atoms with van der Waals surface area (Å²) in [6.07, 6.45) is 0.785. The Morgan fingerprint density at radius 2 is 2.20 bits per heavy atom. The van der Waals surface area contributed by atoms with Crippen molar-refractivity contribution in [3.63, 3.8) is 0 Å². The van der Waals surface area contributed by atoms with E-state index >= 15 is 0 Å². The molecule has 2 N–H and O–H groups in total. The van der Waals surface area contributed by atoms with Crippen molar-refractivity contribution in [1.82, 2.24) is 20.2 Å². The van der Waals surface area contributed by atoms with Crippen LogP contribution in [0.15, 0.2) is 29.1 Å². The lowest BCUT2D eigenvalue weighted by Gasteiger charge is -2.11. The number of H-pyrrole nitrogens is 1. The lowest BCUT2D eigenvalue weighted by atomic mass is 10.2. The zero-order valence-electron chi connectivity index (χ0n) is 11.2. The zero-order chi connectivity index (χ0) is 14.1. The molecule has 3 rings (SSSR count). The largest absolute Gasteiger partial charge is 0.344 e. The molecule has 1 unspecified atom stereocenters. The van der Waals surface area contributed by atoms with Gasteiger partial charge in [0, 0.05) is 13.6 Å². The number of likely N-dealkylation sites (N-methyl/N-ethyl adjacent to an activating group) is 1. The van der Waals surface area contributed by atoms with Crippen LogP contribution in [0, 0.1) is 0 Å². The maximum Gasteiger partial charge on any atom is 0.258 e. The molecule has 2 heterocycles. The van der Waals surface area contributed by atoms with Crippen molar-refractivity contribution in [3.8, 4) is 0 Å². The summed E-state index contributed by atoms with van der Waals surface area (Å²) in [6.45, 7) is 1.14. The molecule has 0 spiro atoms. The number of carbonyl (C=O) groups excluding carboxylic acids is 1. The molecule has 1 amide bonds. The van der Waals surface area contributed by atoms with Crippen molar-refractivity contribution >= 4 is 16.8 Å². The number of carbonyl (C=O) groups is 1. The molecule has 1 aromatic heterocycles. The van der Waals surface area contributed by atoms with Crippen LogP contribution in [0.2, 0.25) is 0 Å². The minimum absolute atomic E-state index is 0.0909.